The van der Waals surface area contributed by atoms with Crippen LogP contribution in [0.1, 0.15) is 31.0 Å². The predicted molar refractivity (Wildman–Crippen MR) is 123 cm³/mol. The number of nitrogens with one attached hydrogen (secondary N) is 3. The van der Waals surface area contributed by atoms with Gasteiger partial charge in [-0.2, -0.15) is 0 Å². The highest BCUT2D eigenvalue weighted by molar-refractivity contribution is 7.80. The molecular formula is C23H25N3O4S. The molecule has 162 valence electrons. The van der Waals surface area contributed by atoms with E-state index in [0.717, 1.165) is 5.56 Å². The van der Waals surface area contributed by atoms with Crippen molar-refractivity contribution in [2.45, 2.75) is 26.8 Å². The fraction of sp³-hybridized carbons (Fsp3) is 0.261. The van der Waals surface area contributed by atoms with Crippen molar-refractivity contribution in [3.63, 3.8) is 0 Å². The highest BCUT2D eigenvalue weighted by Crippen LogP contribution is 2.33. The summed E-state index contributed by atoms with van der Waals surface area (Å²) in [6.07, 6.45) is 0. The maximum Gasteiger partial charge on any atom is 0.338 e. The fourth-order valence-corrected chi connectivity index (χ4v) is 3.51. The van der Waals surface area contributed by atoms with Crippen LogP contribution in [-0.4, -0.2) is 30.2 Å². The van der Waals surface area contributed by atoms with Crippen molar-refractivity contribution in [1.29, 1.82) is 0 Å². The number of para-hydroxylation sites is 1. The molecule has 1 atom stereocenters. The van der Waals surface area contributed by atoms with Gasteiger partial charge in [-0.25, -0.2) is 4.79 Å². The lowest BCUT2D eigenvalue weighted by molar-refractivity contribution is -0.139. The van der Waals surface area contributed by atoms with E-state index in [1.54, 1.807) is 26.0 Å². The quantitative estimate of drug-likeness (QED) is 0.450. The number of amides is 1. The molecule has 1 amide bonds. The number of benzene rings is 2. The number of carbonyl (C=O) groups excluding carboxylic acids is 2. The number of rotatable bonds is 7. The molecule has 0 radical (unpaired) electrons. The van der Waals surface area contributed by atoms with Gasteiger partial charge in [-0.15, -0.1) is 0 Å². The lowest BCUT2D eigenvalue weighted by atomic mass is 9.95. The molecule has 1 aliphatic heterocycles. The molecule has 31 heavy (non-hydrogen) atoms. The second-order valence-electron chi connectivity index (χ2n) is 7.03. The summed E-state index contributed by atoms with van der Waals surface area (Å²) in [5.74, 6) is -0.262. The van der Waals surface area contributed by atoms with E-state index in [1.165, 1.54) is 0 Å². The first-order valence-corrected chi connectivity index (χ1v) is 10.3. The van der Waals surface area contributed by atoms with Gasteiger partial charge in [-0.1, -0.05) is 35.9 Å². The molecule has 2 aromatic rings. The van der Waals surface area contributed by atoms with Gasteiger partial charge in [0.1, 0.15) is 5.75 Å². The second kappa shape index (κ2) is 10.1. The molecule has 0 spiro atoms. The molecular weight excluding hydrogens is 414 g/mol. The van der Waals surface area contributed by atoms with Crippen molar-refractivity contribution in [2.75, 3.05) is 18.5 Å². The fourth-order valence-electron chi connectivity index (χ4n) is 3.23. The first-order chi connectivity index (χ1) is 14.9. The number of hydrogen-bond donors (Lipinski definition) is 3. The van der Waals surface area contributed by atoms with Crippen LogP contribution in [0.2, 0.25) is 0 Å². The number of aryl methyl sites for hydroxylation is 1. The molecule has 0 bridgehead atoms. The van der Waals surface area contributed by atoms with E-state index in [1.807, 2.05) is 43.3 Å². The first kappa shape index (κ1) is 22.3. The van der Waals surface area contributed by atoms with Gasteiger partial charge in [0.15, 0.2) is 11.7 Å². The summed E-state index contributed by atoms with van der Waals surface area (Å²) >= 11 is 5.28. The van der Waals surface area contributed by atoms with Crippen molar-refractivity contribution in [3.05, 3.63) is 70.9 Å². The van der Waals surface area contributed by atoms with Gasteiger partial charge in [0.2, 0.25) is 0 Å². The Morgan fingerprint density at radius 2 is 1.81 bits per heavy atom. The number of ether oxygens (including phenoxy) is 2. The van der Waals surface area contributed by atoms with Crippen molar-refractivity contribution in [1.82, 2.24) is 10.6 Å². The van der Waals surface area contributed by atoms with Crippen molar-refractivity contribution >= 4 is 34.9 Å². The summed E-state index contributed by atoms with van der Waals surface area (Å²) in [7, 11) is 0. The first-order valence-electron chi connectivity index (χ1n) is 9.92. The largest absolute Gasteiger partial charge is 0.483 e. The number of esters is 1. The summed E-state index contributed by atoms with van der Waals surface area (Å²) < 4.78 is 11.0. The molecule has 0 aliphatic carbocycles. The summed E-state index contributed by atoms with van der Waals surface area (Å²) in [6, 6.07) is 14.2. The van der Waals surface area contributed by atoms with E-state index in [0.29, 0.717) is 33.4 Å². The third kappa shape index (κ3) is 5.61. The van der Waals surface area contributed by atoms with Gasteiger partial charge in [-0.05, 0) is 51.2 Å². The molecule has 3 rings (SSSR count). The summed E-state index contributed by atoms with van der Waals surface area (Å²) in [4.78, 5) is 24.9. The van der Waals surface area contributed by atoms with Crippen LogP contribution in [0.3, 0.4) is 0 Å². The van der Waals surface area contributed by atoms with Crippen LogP contribution in [0, 0.1) is 6.92 Å². The Balaban J connectivity index is 1.79. The van der Waals surface area contributed by atoms with Crippen LogP contribution in [0.25, 0.3) is 0 Å². The minimum Gasteiger partial charge on any atom is -0.483 e. The van der Waals surface area contributed by atoms with Crippen LogP contribution in [0.15, 0.2) is 59.8 Å². The molecule has 0 saturated carbocycles. The van der Waals surface area contributed by atoms with Crippen LogP contribution in [0.5, 0.6) is 5.75 Å². The number of carbonyl (C=O) groups is 2. The number of anilines is 1. The molecule has 0 fully saturated rings. The normalized spacial score (nSPS) is 15.6. The number of thiocarbonyl (C=S) groups is 1. The zero-order valence-electron chi connectivity index (χ0n) is 17.7. The zero-order chi connectivity index (χ0) is 22.4. The Morgan fingerprint density at radius 1 is 1.10 bits per heavy atom. The molecule has 0 aromatic heterocycles. The van der Waals surface area contributed by atoms with Gasteiger partial charge in [0, 0.05) is 16.9 Å². The summed E-state index contributed by atoms with van der Waals surface area (Å²) in [6.45, 7) is 5.57. The maximum absolute atomic E-state index is 12.6. The number of allylic oxidation sites excluding steroid dienone is 1. The smallest absolute Gasteiger partial charge is 0.338 e. The van der Waals surface area contributed by atoms with Crippen molar-refractivity contribution < 1.29 is 19.1 Å². The molecule has 1 aliphatic rings. The molecule has 1 heterocycles. The average Bonchev–Trinajstić information content (AvgIpc) is 2.73. The van der Waals surface area contributed by atoms with Gasteiger partial charge in [0.25, 0.3) is 5.91 Å². The lowest BCUT2D eigenvalue weighted by Crippen LogP contribution is -2.45. The van der Waals surface area contributed by atoms with Crippen LogP contribution >= 0.6 is 12.2 Å². The molecule has 3 N–H and O–H groups in total. The van der Waals surface area contributed by atoms with E-state index in [9.17, 15) is 9.59 Å². The standard InChI is InChI=1S/C23H25N3O4S/c1-4-29-22(28)20-15(3)24-23(31)26-21(20)17-7-5-6-8-18(17)30-13-19(27)25-16-11-9-14(2)10-12-16/h5-12,21H,4,13H2,1-3H3,(H,25,27)(H2,24,26,31)/t21-/m1/s1. The highest BCUT2D eigenvalue weighted by Gasteiger charge is 2.32. The van der Waals surface area contributed by atoms with E-state index >= 15 is 0 Å². The summed E-state index contributed by atoms with van der Waals surface area (Å²) in [5, 5.41) is 9.26. The Labute approximate surface area is 186 Å². The molecule has 0 saturated heterocycles. The minimum atomic E-state index is -0.566. The SMILES string of the molecule is CCOC(=O)C1=C(C)NC(=S)N[C@@H]1c1ccccc1OCC(=O)Nc1ccc(C)cc1. The van der Waals surface area contributed by atoms with Gasteiger partial charge < -0.3 is 25.4 Å². The second-order valence-corrected chi connectivity index (χ2v) is 7.44. The molecule has 2 aromatic carbocycles. The predicted octanol–water partition coefficient (Wildman–Crippen LogP) is 3.37. The third-order valence-electron chi connectivity index (χ3n) is 4.69. The molecule has 8 heteroatoms. The Bertz CT molecular complexity index is 1020. The molecule has 7 nitrogen and oxygen atoms in total. The van der Waals surface area contributed by atoms with Crippen LogP contribution in [0.4, 0.5) is 5.69 Å². The van der Waals surface area contributed by atoms with Crippen LogP contribution < -0.4 is 20.7 Å². The number of hydrogen-bond acceptors (Lipinski definition) is 5. The average molecular weight is 440 g/mol. The topological polar surface area (TPSA) is 88.7 Å². The third-order valence-corrected chi connectivity index (χ3v) is 4.91. The van der Waals surface area contributed by atoms with E-state index in [4.69, 9.17) is 21.7 Å². The lowest BCUT2D eigenvalue weighted by Gasteiger charge is -2.30. The summed E-state index contributed by atoms with van der Waals surface area (Å²) in [5.41, 5.74) is 3.50. The van der Waals surface area contributed by atoms with Gasteiger partial charge >= 0.3 is 5.97 Å². The van der Waals surface area contributed by atoms with E-state index < -0.39 is 12.0 Å². The monoisotopic (exact) mass is 439 g/mol. The molecule has 0 unspecified atom stereocenters. The van der Waals surface area contributed by atoms with Crippen molar-refractivity contribution in [2.24, 2.45) is 0 Å². The van der Waals surface area contributed by atoms with Gasteiger partial charge in [-0.3, -0.25) is 4.79 Å². The Hall–Kier alpha value is -3.39. The van der Waals surface area contributed by atoms with E-state index in [2.05, 4.69) is 16.0 Å². The minimum absolute atomic E-state index is 0.183. The van der Waals surface area contributed by atoms with Gasteiger partial charge in [0.05, 0.1) is 18.2 Å². The zero-order valence-corrected chi connectivity index (χ0v) is 18.5. The Kier molecular flexibility index (Phi) is 7.25. The maximum atomic E-state index is 12.6. The Morgan fingerprint density at radius 3 is 2.52 bits per heavy atom. The van der Waals surface area contributed by atoms with Crippen LogP contribution in [-0.2, 0) is 14.3 Å². The van der Waals surface area contributed by atoms with Crippen molar-refractivity contribution in [3.8, 4) is 5.75 Å². The van der Waals surface area contributed by atoms with E-state index in [-0.39, 0.29) is 19.1 Å². The highest BCUT2D eigenvalue weighted by atomic mass is 32.1.